The van der Waals surface area contributed by atoms with Crippen molar-refractivity contribution in [3.05, 3.63) is 59.7 Å². The van der Waals surface area contributed by atoms with E-state index in [2.05, 4.69) is 5.32 Å². The largest absolute Gasteiger partial charge is 0.460 e. The quantitative estimate of drug-likeness (QED) is 0.0488. The third-order valence-corrected chi connectivity index (χ3v) is 9.83. The molecule has 0 saturated carbocycles. The Balaban J connectivity index is 1.28. The molecule has 0 atom stereocenters. The van der Waals surface area contributed by atoms with Gasteiger partial charge in [-0.25, -0.2) is 4.79 Å². The zero-order valence-electron chi connectivity index (χ0n) is 41.9. The molecule has 2 amide bonds. The number of carbonyl (C=O) groups is 5. The number of carbonyl (C=O) groups excluding carboxylic acids is 5. The second kappa shape index (κ2) is 33.9. The first-order chi connectivity index (χ1) is 33.1. The summed E-state index contributed by atoms with van der Waals surface area (Å²) in [6.07, 6.45) is 0.994. The van der Waals surface area contributed by atoms with Crippen LogP contribution in [0, 0.1) is 0 Å². The number of nitrogens with one attached hydrogen (secondary N) is 1. The van der Waals surface area contributed by atoms with Crippen molar-refractivity contribution in [2.45, 2.75) is 90.8 Å². The number of unbranched alkanes of at least 4 members (excludes halogenated alkanes) is 1. The fourth-order valence-corrected chi connectivity index (χ4v) is 6.80. The van der Waals surface area contributed by atoms with Crippen LogP contribution in [0.5, 0.6) is 0 Å². The van der Waals surface area contributed by atoms with Crippen LogP contribution in [0.1, 0.15) is 90.7 Å². The van der Waals surface area contributed by atoms with Gasteiger partial charge in [0.15, 0.2) is 5.78 Å². The average molecular weight is 975 g/mol. The van der Waals surface area contributed by atoms with E-state index in [4.69, 9.17) is 52.1 Å². The predicted octanol–water partition coefficient (Wildman–Crippen LogP) is 5.69. The van der Waals surface area contributed by atoms with Crippen LogP contribution >= 0.6 is 0 Å². The van der Waals surface area contributed by atoms with Gasteiger partial charge in [-0.15, -0.1) is 0 Å². The van der Waals surface area contributed by atoms with E-state index in [1.54, 1.807) is 0 Å². The van der Waals surface area contributed by atoms with Crippen LogP contribution in [0.25, 0.3) is 11.1 Å². The Hall–Kier alpha value is -4.53. The van der Waals surface area contributed by atoms with Gasteiger partial charge >= 0.3 is 18.0 Å². The Morgan fingerprint density at radius 3 is 1.35 bits per heavy atom. The van der Waals surface area contributed by atoms with Gasteiger partial charge in [0.05, 0.1) is 118 Å². The van der Waals surface area contributed by atoms with Gasteiger partial charge in [-0.3, -0.25) is 24.1 Å². The van der Waals surface area contributed by atoms with Crippen molar-refractivity contribution in [1.29, 1.82) is 0 Å². The molecule has 18 heteroatoms. The summed E-state index contributed by atoms with van der Waals surface area (Å²) < 4.78 is 60.3. The molecule has 0 aromatic heterocycles. The standard InChI is InChI=1S/C51H78N2O16/c1-50(2,3)68-47(56)18-22-60-26-30-64-34-33-63-29-25-59-21-12-11-13-40(54)37-53(49(58)67-39-45-43-16-9-7-14-41(43)42-15-8-10-17-44(42)45)38-46(55)52-20-24-62-28-32-66-36-35-65-31-27-61-23-19-48(57)69-51(4,5)6/h7-10,14-17,45H,11-13,18-39H2,1-6H3,(H,52,55). The molecule has 1 aliphatic rings. The maximum Gasteiger partial charge on any atom is 0.410 e. The summed E-state index contributed by atoms with van der Waals surface area (Å²) in [5.41, 5.74) is 3.25. The monoisotopic (exact) mass is 975 g/mol. The SMILES string of the molecule is CC(C)(C)OC(=O)CCOCCOCCOCCOCCCCC(=O)CN(CC(=O)NCCOCCOCCOCCOCCC(=O)OC(C)(C)C)C(=O)OCC1c2ccccc2-c2ccccc21. The minimum absolute atomic E-state index is 0.0504. The van der Waals surface area contributed by atoms with Gasteiger partial charge in [-0.2, -0.15) is 0 Å². The number of rotatable bonds is 38. The Labute approximate surface area is 408 Å². The smallest absolute Gasteiger partial charge is 0.410 e. The van der Waals surface area contributed by atoms with E-state index in [-0.39, 0.29) is 89.0 Å². The molecular weight excluding hydrogens is 897 g/mol. The third kappa shape index (κ3) is 27.5. The summed E-state index contributed by atoms with van der Waals surface area (Å²) >= 11 is 0. The van der Waals surface area contributed by atoms with Crippen LogP contribution in [-0.4, -0.2) is 178 Å². The van der Waals surface area contributed by atoms with Gasteiger partial charge in [0.2, 0.25) is 5.91 Å². The highest BCUT2D eigenvalue weighted by atomic mass is 16.6. The van der Waals surface area contributed by atoms with Crippen molar-refractivity contribution < 1.29 is 76.1 Å². The number of amides is 2. The van der Waals surface area contributed by atoms with Crippen molar-refractivity contribution >= 4 is 29.7 Å². The van der Waals surface area contributed by atoms with Crippen LogP contribution in [-0.2, 0) is 71.3 Å². The summed E-state index contributed by atoms with van der Waals surface area (Å²) in [6.45, 7) is 16.1. The number of esters is 2. The molecule has 18 nitrogen and oxygen atoms in total. The maximum absolute atomic E-state index is 13.6. The molecule has 3 rings (SSSR count). The fraction of sp³-hybridized carbons (Fsp3) is 0.667. The minimum Gasteiger partial charge on any atom is -0.460 e. The van der Waals surface area contributed by atoms with E-state index >= 15 is 0 Å². The number of fused-ring (bicyclic) bond motifs is 3. The summed E-state index contributed by atoms with van der Waals surface area (Å²) in [6, 6.07) is 16.0. The lowest BCUT2D eigenvalue weighted by molar-refractivity contribution is -0.157. The lowest BCUT2D eigenvalue weighted by Crippen LogP contribution is -2.44. The summed E-state index contributed by atoms with van der Waals surface area (Å²) in [4.78, 5) is 64.3. The van der Waals surface area contributed by atoms with Crippen LogP contribution in [0.15, 0.2) is 48.5 Å². The summed E-state index contributed by atoms with van der Waals surface area (Å²) in [5.74, 6) is -1.44. The molecule has 1 N–H and O–H groups in total. The van der Waals surface area contributed by atoms with Crippen molar-refractivity contribution in [2.75, 3.05) is 132 Å². The fourth-order valence-electron chi connectivity index (χ4n) is 6.80. The van der Waals surface area contributed by atoms with E-state index in [1.165, 1.54) is 0 Å². The van der Waals surface area contributed by atoms with Gasteiger partial charge in [0, 0.05) is 25.5 Å². The molecule has 2 aromatic rings. The molecule has 0 aliphatic heterocycles. The number of ketones is 1. The molecule has 0 unspecified atom stereocenters. The van der Waals surface area contributed by atoms with E-state index < -0.39 is 23.2 Å². The molecule has 0 radical (unpaired) electrons. The van der Waals surface area contributed by atoms with Crippen molar-refractivity contribution in [2.24, 2.45) is 0 Å². The van der Waals surface area contributed by atoms with Crippen LogP contribution in [0.3, 0.4) is 0 Å². The maximum atomic E-state index is 13.6. The number of hydrogen-bond donors (Lipinski definition) is 1. The molecule has 69 heavy (non-hydrogen) atoms. The number of benzene rings is 2. The van der Waals surface area contributed by atoms with E-state index in [0.717, 1.165) is 27.2 Å². The molecule has 0 spiro atoms. The van der Waals surface area contributed by atoms with Gasteiger partial charge in [-0.05, 0) is 76.6 Å². The third-order valence-electron chi connectivity index (χ3n) is 9.83. The Morgan fingerprint density at radius 2 is 0.899 bits per heavy atom. The van der Waals surface area contributed by atoms with E-state index in [9.17, 15) is 24.0 Å². The zero-order valence-corrected chi connectivity index (χ0v) is 41.9. The Kier molecular flexibility index (Phi) is 28.9. The van der Waals surface area contributed by atoms with E-state index in [1.807, 2.05) is 90.1 Å². The molecule has 0 fully saturated rings. The topological polar surface area (TPSA) is 202 Å². The second-order valence-corrected chi connectivity index (χ2v) is 18.1. The van der Waals surface area contributed by atoms with Gasteiger partial charge in [0.1, 0.15) is 24.4 Å². The zero-order chi connectivity index (χ0) is 50.2. The molecule has 0 saturated heterocycles. The minimum atomic E-state index is -0.749. The van der Waals surface area contributed by atoms with Crippen LogP contribution < -0.4 is 5.32 Å². The predicted molar refractivity (Wildman–Crippen MR) is 256 cm³/mol. The highest BCUT2D eigenvalue weighted by Gasteiger charge is 2.30. The number of ether oxygens (including phenoxy) is 11. The highest BCUT2D eigenvalue weighted by Crippen LogP contribution is 2.44. The number of nitrogens with zero attached hydrogens (tertiary/aromatic N) is 1. The molecule has 388 valence electrons. The van der Waals surface area contributed by atoms with Crippen molar-refractivity contribution in [3.63, 3.8) is 0 Å². The molecule has 2 aromatic carbocycles. The lowest BCUT2D eigenvalue weighted by Gasteiger charge is -2.23. The van der Waals surface area contributed by atoms with Gasteiger partial charge in [0.25, 0.3) is 0 Å². The summed E-state index contributed by atoms with van der Waals surface area (Å²) in [5, 5.41) is 2.75. The molecular formula is C51H78N2O16. The van der Waals surface area contributed by atoms with Crippen molar-refractivity contribution in [1.82, 2.24) is 10.2 Å². The molecule has 0 heterocycles. The van der Waals surface area contributed by atoms with Crippen LogP contribution in [0.2, 0.25) is 0 Å². The van der Waals surface area contributed by atoms with E-state index in [0.29, 0.717) is 98.7 Å². The van der Waals surface area contributed by atoms with Gasteiger partial charge < -0.3 is 57.4 Å². The summed E-state index contributed by atoms with van der Waals surface area (Å²) in [7, 11) is 0. The number of Topliss-reactive ketones (excluding diaryl/α,β-unsaturated/α-hetero) is 1. The number of hydrogen-bond acceptors (Lipinski definition) is 16. The highest BCUT2D eigenvalue weighted by molar-refractivity contribution is 5.88. The Bertz CT molecular complexity index is 1750. The normalized spacial score (nSPS) is 12.3. The average Bonchev–Trinajstić information content (AvgIpc) is 3.61. The first kappa shape index (κ1) is 58.8. The molecule has 0 bridgehead atoms. The first-order valence-electron chi connectivity index (χ1n) is 24.1. The first-order valence-corrected chi connectivity index (χ1v) is 24.1. The van der Waals surface area contributed by atoms with Crippen LogP contribution in [0.4, 0.5) is 4.79 Å². The Morgan fingerprint density at radius 1 is 0.493 bits per heavy atom. The molecule has 1 aliphatic carbocycles. The van der Waals surface area contributed by atoms with Crippen molar-refractivity contribution in [3.8, 4) is 11.1 Å². The van der Waals surface area contributed by atoms with Gasteiger partial charge in [-0.1, -0.05) is 48.5 Å². The lowest BCUT2D eigenvalue weighted by atomic mass is 9.98. The second-order valence-electron chi connectivity index (χ2n) is 18.1.